The van der Waals surface area contributed by atoms with E-state index in [2.05, 4.69) is 29.6 Å². The van der Waals surface area contributed by atoms with Gasteiger partial charge in [0.1, 0.15) is 0 Å². The van der Waals surface area contributed by atoms with Gasteiger partial charge in [-0.2, -0.15) is 5.10 Å². The number of aryl methyl sites for hydroxylation is 1. The van der Waals surface area contributed by atoms with Crippen LogP contribution in [0.15, 0.2) is 29.4 Å². The molecular formula is C13H18N2O. The smallest absolute Gasteiger partial charge is 0.236 e. The Morgan fingerprint density at radius 3 is 2.38 bits per heavy atom. The van der Waals surface area contributed by atoms with E-state index in [1.54, 1.807) is 0 Å². The molecule has 0 saturated heterocycles. The van der Waals surface area contributed by atoms with Crippen LogP contribution in [0.3, 0.4) is 0 Å². The lowest BCUT2D eigenvalue weighted by molar-refractivity contribution is -0.118. The van der Waals surface area contributed by atoms with Crippen LogP contribution >= 0.6 is 0 Å². The van der Waals surface area contributed by atoms with Crippen LogP contribution in [0, 0.1) is 0 Å². The fourth-order valence-electron chi connectivity index (χ4n) is 1.43. The Morgan fingerprint density at radius 1 is 1.25 bits per heavy atom. The molecule has 0 aliphatic rings. The van der Waals surface area contributed by atoms with Gasteiger partial charge in [0.15, 0.2) is 0 Å². The summed E-state index contributed by atoms with van der Waals surface area (Å²) < 4.78 is 0. The summed E-state index contributed by atoms with van der Waals surface area (Å²) in [5.74, 6) is -0.151. The van der Waals surface area contributed by atoms with E-state index in [4.69, 9.17) is 0 Å². The first kappa shape index (κ1) is 12.4. The molecule has 3 heteroatoms. The Bertz CT molecular complexity index is 379. The summed E-state index contributed by atoms with van der Waals surface area (Å²) in [4.78, 5) is 10.7. The third kappa shape index (κ3) is 3.85. The minimum atomic E-state index is -0.151. The molecule has 0 heterocycles. The number of carbonyl (C=O) groups excluding carboxylic acids is 1. The van der Waals surface area contributed by atoms with Crippen LogP contribution in [0.2, 0.25) is 0 Å². The highest BCUT2D eigenvalue weighted by Crippen LogP contribution is 2.07. The van der Waals surface area contributed by atoms with Crippen LogP contribution in [-0.2, 0) is 11.2 Å². The first-order chi connectivity index (χ1) is 7.63. The maximum Gasteiger partial charge on any atom is 0.236 e. The van der Waals surface area contributed by atoms with Gasteiger partial charge in [0.05, 0.1) is 5.71 Å². The standard InChI is InChI=1S/C13H18N2O/c1-4-5-12-6-8-13(9-7-12)10(2)14-15-11(3)16/h6-9H,4-5H2,1-3H3,(H,15,16)/b14-10-. The van der Waals surface area contributed by atoms with Crippen LogP contribution in [0.25, 0.3) is 0 Å². The van der Waals surface area contributed by atoms with E-state index in [1.807, 2.05) is 19.1 Å². The number of benzene rings is 1. The molecule has 0 radical (unpaired) electrons. The summed E-state index contributed by atoms with van der Waals surface area (Å²) >= 11 is 0. The topological polar surface area (TPSA) is 41.5 Å². The van der Waals surface area contributed by atoms with Gasteiger partial charge in [-0.3, -0.25) is 4.79 Å². The van der Waals surface area contributed by atoms with Gasteiger partial charge in [-0.25, -0.2) is 5.43 Å². The lowest BCUT2D eigenvalue weighted by atomic mass is 10.1. The summed E-state index contributed by atoms with van der Waals surface area (Å²) in [6.07, 6.45) is 2.25. The molecule has 86 valence electrons. The molecule has 1 amide bonds. The van der Waals surface area contributed by atoms with Gasteiger partial charge in [0.2, 0.25) is 5.91 Å². The molecule has 1 aromatic rings. The molecule has 0 aromatic heterocycles. The maximum atomic E-state index is 10.7. The molecule has 0 spiro atoms. The van der Waals surface area contributed by atoms with Gasteiger partial charge >= 0.3 is 0 Å². The maximum absolute atomic E-state index is 10.7. The molecule has 0 bridgehead atoms. The van der Waals surface area contributed by atoms with Crippen LogP contribution in [0.1, 0.15) is 38.3 Å². The molecule has 1 aromatic carbocycles. The van der Waals surface area contributed by atoms with Crippen molar-refractivity contribution in [2.24, 2.45) is 5.10 Å². The van der Waals surface area contributed by atoms with Crippen molar-refractivity contribution < 1.29 is 4.79 Å². The fourth-order valence-corrected chi connectivity index (χ4v) is 1.43. The lowest BCUT2D eigenvalue weighted by Gasteiger charge is -2.03. The predicted octanol–water partition coefficient (Wildman–Crippen LogP) is 2.50. The molecule has 1 rings (SSSR count). The molecule has 16 heavy (non-hydrogen) atoms. The zero-order valence-corrected chi connectivity index (χ0v) is 10.1. The molecule has 3 nitrogen and oxygen atoms in total. The van der Waals surface area contributed by atoms with Crippen molar-refractivity contribution in [2.75, 3.05) is 0 Å². The average molecular weight is 218 g/mol. The minimum absolute atomic E-state index is 0.151. The van der Waals surface area contributed by atoms with E-state index in [-0.39, 0.29) is 5.91 Å². The number of nitrogens with zero attached hydrogens (tertiary/aromatic N) is 1. The van der Waals surface area contributed by atoms with Gasteiger partial charge in [-0.05, 0) is 24.5 Å². The molecule has 0 saturated carbocycles. The van der Waals surface area contributed by atoms with Crippen molar-refractivity contribution in [3.63, 3.8) is 0 Å². The summed E-state index contributed by atoms with van der Waals surface area (Å²) in [5, 5.41) is 3.99. The van der Waals surface area contributed by atoms with Crippen molar-refractivity contribution in [1.82, 2.24) is 5.43 Å². The molecule has 0 atom stereocenters. The second kappa shape index (κ2) is 6.05. The third-order valence-corrected chi connectivity index (χ3v) is 2.29. The summed E-state index contributed by atoms with van der Waals surface area (Å²) in [6, 6.07) is 8.27. The van der Waals surface area contributed by atoms with Crippen molar-refractivity contribution in [3.8, 4) is 0 Å². The first-order valence-electron chi connectivity index (χ1n) is 5.53. The quantitative estimate of drug-likeness (QED) is 0.612. The summed E-state index contributed by atoms with van der Waals surface area (Å²) in [7, 11) is 0. The van der Waals surface area contributed by atoms with Gasteiger partial charge in [-0.15, -0.1) is 0 Å². The van der Waals surface area contributed by atoms with Crippen molar-refractivity contribution in [2.45, 2.75) is 33.6 Å². The summed E-state index contributed by atoms with van der Waals surface area (Å²) in [5.41, 5.74) is 5.62. The van der Waals surface area contributed by atoms with Gasteiger partial charge in [-0.1, -0.05) is 37.6 Å². The normalized spacial score (nSPS) is 11.3. The molecule has 0 fully saturated rings. The Balaban J connectivity index is 2.73. The van der Waals surface area contributed by atoms with Crippen LogP contribution in [-0.4, -0.2) is 11.6 Å². The summed E-state index contributed by atoms with van der Waals surface area (Å²) in [6.45, 7) is 5.49. The van der Waals surface area contributed by atoms with Crippen LogP contribution in [0.4, 0.5) is 0 Å². The number of carbonyl (C=O) groups is 1. The minimum Gasteiger partial charge on any atom is -0.274 e. The second-order valence-corrected chi connectivity index (χ2v) is 3.81. The van der Waals surface area contributed by atoms with Crippen molar-refractivity contribution in [3.05, 3.63) is 35.4 Å². The van der Waals surface area contributed by atoms with E-state index < -0.39 is 0 Å². The van der Waals surface area contributed by atoms with E-state index in [9.17, 15) is 4.79 Å². The van der Waals surface area contributed by atoms with E-state index >= 15 is 0 Å². The van der Waals surface area contributed by atoms with Crippen molar-refractivity contribution in [1.29, 1.82) is 0 Å². The number of hydrazone groups is 1. The molecular weight excluding hydrogens is 200 g/mol. The lowest BCUT2D eigenvalue weighted by Crippen LogP contribution is -2.14. The zero-order valence-electron chi connectivity index (χ0n) is 10.1. The van der Waals surface area contributed by atoms with Gasteiger partial charge in [0.25, 0.3) is 0 Å². The highest BCUT2D eigenvalue weighted by atomic mass is 16.2. The SMILES string of the molecule is CCCc1ccc(/C(C)=N\NC(C)=O)cc1. The number of rotatable bonds is 4. The Hall–Kier alpha value is -1.64. The largest absolute Gasteiger partial charge is 0.274 e. The van der Waals surface area contributed by atoms with E-state index in [0.29, 0.717) is 0 Å². The van der Waals surface area contributed by atoms with Gasteiger partial charge in [0, 0.05) is 6.92 Å². The number of hydrogen-bond donors (Lipinski definition) is 1. The number of hydrogen-bond acceptors (Lipinski definition) is 2. The number of nitrogens with one attached hydrogen (secondary N) is 1. The van der Waals surface area contributed by atoms with Crippen LogP contribution in [0.5, 0.6) is 0 Å². The predicted molar refractivity (Wildman–Crippen MR) is 66.5 cm³/mol. The second-order valence-electron chi connectivity index (χ2n) is 3.81. The van der Waals surface area contributed by atoms with E-state index in [1.165, 1.54) is 12.5 Å². The average Bonchev–Trinajstić information content (AvgIpc) is 2.27. The van der Waals surface area contributed by atoms with Crippen molar-refractivity contribution >= 4 is 11.6 Å². The van der Waals surface area contributed by atoms with Crippen LogP contribution < -0.4 is 5.43 Å². The van der Waals surface area contributed by atoms with Gasteiger partial charge < -0.3 is 0 Å². The monoisotopic (exact) mass is 218 g/mol. The Labute approximate surface area is 96.6 Å². The fraction of sp³-hybridized carbons (Fsp3) is 0.385. The molecule has 1 N–H and O–H groups in total. The highest BCUT2D eigenvalue weighted by molar-refractivity contribution is 5.99. The number of amides is 1. The Morgan fingerprint density at radius 2 is 1.88 bits per heavy atom. The molecule has 0 aliphatic carbocycles. The van der Waals surface area contributed by atoms with E-state index in [0.717, 1.165) is 24.1 Å². The highest BCUT2D eigenvalue weighted by Gasteiger charge is 1.98. The Kier molecular flexibility index (Phi) is 4.70. The molecule has 0 aliphatic heterocycles. The molecule has 0 unspecified atom stereocenters. The zero-order chi connectivity index (χ0) is 12.0. The third-order valence-electron chi connectivity index (χ3n) is 2.29. The first-order valence-corrected chi connectivity index (χ1v) is 5.53.